The number of carbonyl (C=O) groups is 2. The third kappa shape index (κ3) is 6.22. The first kappa shape index (κ1) is 27.1. The SMILES string of the molecule is O=C(O)OC1CCN(CC(=O)N2CCc3c(n(Cc4ccc(OC(F)(F)F)c(Cl)c4)c4ncccc34)C2)CC1. The Morgan fingerprint density at radius 1 is 1.15 bits per heavy atom. The molecule has 0 spiro atoms. The Morgan fingerprint density at radius 3 is 2.62 bits per heavy atom. The topological polar surface area (TPSA) is 97.1 Å². The van der Waals surface area contributed by atoms with Gasteiger partial charge >= 0.3 is 12.5 Å². The van der Waals surface area contributed by atoms with E-state index in [1.54, 1.807) is 11.1 Å². The summed E-state index contributed by atoms with van der Waals surface area (Å²) >= 11 is 6.08. The summed E-state index contributed by atoms with van der Waals surface area (Å²) in [4.78, 5) is 32.3. The summed E-state index contributed by atoms with van der Waals surface area (Å²) in [6.45, 7) is 2.58. The molecule has 0 bridgehead atoms. The molecular weight excluding hydrogens is 541 g/mol. The van der Waals surface area contributed by atoms with Gasteiger partial charge in [-0.1, -0.05) is 17.7 Å². The van der Waals surface area contributed by atoms with E-state index in [1.165, 1.54) is 18.2 Å². The van der Waals surface area contributed by atoms with Crippen LogP contribution in [0.15, 0.2) is 36.5 Å². The lowest BCUT2D eigenvalue weighted by Crippen LogP contribution is -2.46. The van der Waals surface area contributed by atoms with Crippen molar-refractivity contribution in [2.45, 2.75) is 44.8 Å². The van der Waals surface area contributed by atoms with Gasteiger partial charge in [-0.05, 0) is 54.7 Å². The van der Waals surface area contributed by atoms with Crippen LogP contribution in [0.4, 0.5) is 18.0 Å². The molecule has 0 saturated carbocycles. The minimum atomic E-state index is -4.84. The molecule has 9 nitrogen and oxygen atoms in total. The maximum Gasteiger partial charge on any atom is 0.573 e. The number of nitrogens with zero attached hydrogens (tertiary/aromatic N) is 4. The largest absolute Gasteiger partial charge is 0.573 e. The third-order valence-electron chi connectivity index (χ3n) is 7.09. The van der Waals surface area contributed by atoms with E-state index in [1.807, 2.05) is 21.6 Å². The van der Waals surface area contributed by atoms with Crippen molar-refractivity contribution < 1.29 is 37.3 Å². The van der Waals surface area contributed by atoms with Crippen LogP contribution in [0.25, 0.3) is 11.0 Å². The number of aromatic nitrogens is 2. The van der Waals surface area contributed by atoms with E-state index < -0.39 is 18.3 Å². The number of ether oxygens (including phenoxy) is 2. The second-order valence-corrected chi connectivity index (χ2v) is 10.0. The molecule has 2 aliphatic rings. The van der Waals surface area contributed by atoms with Gasteiger partial charge in [0, 0.05) is 43.5 Å². The van der Waals surface area contributed by atoms with Crippen LogP contribution in [0.5, 0.6) is 5.75 Å². The molecule has 0 atom stereocenters. The normalized spacial score (nSPS) is 16.8. The van der Waals surface area contributed by atoms with Gasteiger partial charge in [-0.25, -0.2) is 9.78 Å². The number of hydrogen-bond acceptors (Lipinski definition) is 6. The van der Waals surface area contributed by atoms with E-state index in [2.05, 4.69) is 9.72 Å². The monoisotopic (exact) mass is 566 g/mol. The summed E-state index contributed by atoms with van der Waals surface area (Å²) in [5.41, 5.74) is 3.40. The maximum absolute atomic E-state index is 13.2. The summed E-state index contributed by atoms with van der Waals surface area (Å²) in [5.74, 6) is -0.500. The lowest BCUT2D eigenvalue weighted by atomic mass is 10.0. The predicted octanol–water partition coefficient (Wildman–Crippen LogP) is 4.68. The van der Waals surface area contributed by atoms with Crippen molar-refractivity contribution in [2.75, 3.05) is 26.2 Å². The van der Waals surface area contributed by atoms with E-state index in [-0.39, 0.29) is 23.6 Å². The molecule has 3 aromatic rings. The number of pyridine rings is 1. The fourth-order valence-electron chi connectivity index (χ4n) is 5.30. The van der Waals surface area contributed by atoms with Gasteiger partial charge in [0.1, 0.15) is 17.5 Å². The first-order valence-corrected chi connectivity index (χ1v) is 12.8. The number of amides is 1. The zero-order valence-corrected chi connectivity index (χ0v) is 21.5. The smallest absolute Gasteiger partial charge is 0.450 e. The highest BCUT2D eigenvalue weighted by molar-refractivity contribution is 6.32. The second kappa shape index (κ2) is 10.9. The molecule has 1 fully saturated rings. The van der Waals surface area contributed by atoms with Crippen molar-refractivity contribution in [1.82, 2.24) is 19.4 Å². The molecule has 5 rings (SSSR count). The van der Waals surface area contributed by atoms with Crippen LogP contribution in [0.3, 0.4) is 0 Å². The Bertz CT molecular complexity index is 1390. The van der Waals surface area contributed by atoms with Crippen molar-refractivity contribution in [3.63, 3.8) is 0 Å². The van der Waals surface area contributed by atoms with Crippen LogP contribution < -0.4 is 4.74 Å². The number of likely N-dealkylation sites (tertiary alicyclic amines) is 1. The summed E-state index contributed by atoms with van der Waals surface area (Å²) in [6, 6.07) is 7.98. The number of hydrogen-bond donors (Lipinski definition) is 1. The van der Waals surface area contributed by atoms with Gasteiger partial charge in [-0.15, -0.1) is 13.2 Å². The van der Waals surface area contributed by atoms with Crippen LogP contribution >= 0.6 is 11.6 Å². The van der Waals surface area contributed by atoms with Crippen molar-refractivity contribution >= 4 is 34.7 Å². The Labute approximate surface area is 226 Å². The summed E-state index contributed by atoms with van der Waals surface area (Å²) in [5, 5.41) is 9.63. The number of carbonyl (C=O) groups excluding carboxylic acids is 1. The molecule has 13 heteroatoms. The standard InChI is InChI=1S/C26H26ClF3N4O5/c27-20-12-16(3-4-22(20)39-26(28,29)30)13-34-21-14-33(11-7-18(21)19-2-1-8-31-24(19)34)23(35)15-32-9-5-17(6-10-32)38-25(36)37/h1-4,8,12,17H,5-7,9-11,13-15H2,(H,36,37). The average Bonchev–Trinajstić information content (AvgIpc) is 3.19. The lowest BCUT2D eigenvalue weighted by Gasteiger charge is -2.34. The van der Waals surface area contributed by atoms with Gasteiger partial charge in [0.15, 0.2) is 0 Å². The number of benzene rings is 1. The third-order valence-corrected chi connectivity index (χ3v) is 7.39. The Kier molecular flexibility index (Phi) is 7.59. The number of fused-ring (bicyclic) bond motifs is 3. The number of carboxylic acid groups (broad SMARTS) is 1. The highest BCUT2D eigenvalue weighted by atomic mass is 35.5. The van der Waals surface area contributed by atoms with Crippen LogP contribution in [0.1, 0.15) is 29.7 Å². The minimum absolute atomic E-state index is 0.0280. The number of piperidine rings is 1. The van der Waals surface area contributed by atoms with Crippen LogP contribution in [0, 0.1) is 0 Å². The van der Waals surface area contributed by atoms with E-state index in [9.17, 15) is 22.8 Å². The van der Waals surface area contributed by atoms with Crippen molar-refractivity contribution in [3.8, 4) is 5.75 Å². The molecule has 0 unspecified atom stereocenters. The van der Waals surface area contributed by atoms with Crippen molar-refractivity contribution in [1.29, 1.82) is 0 Å². The van der Waals surface area contributed by atoms with Gasteiger partial charge in [-0.3, -0.25) is 9.69 Å². The zero-order valence-electron chi connectivity index (χ0n) is 20.8. The second-order valence-electron chi connectivity index (χ2n) is 9.62. The van der Waals surface area contributed by atoms with Crippen molar-refractivity contribution in [3.05, 3.63) is 58.4 Å². The van der Waals surface area contributed by atoms with Gasteiger partial charge in [0.25, 0.3) is 0 Å². The molecule has 39 heavy (non-hydrogen) atoms. The highest BCUT2D eigenvalue weighted by Crippen LogP contribution is 2.34. The molecule has 0 aliphatic carbocycles. The van der Waals surface area contributed by atoms with E-state index >= 15 is 0 Å². The molecular formula is C26H26ClF3N4O5. The fraction of sp³-hybridized carbons (Fsp3) is 0.423. The summed E-state index contributed by atoms with van der Waals surface area (Å²) in [7, 11) is 0. The molecule has 1 amide bonds. The first-order valence-electron chi connectivity index (χ1n) is 12.5. The molecule has 1 N–H and O–H groups in total. The molecule has 4 heterocycles. The fourth-order valence-corrected chi connectivity index (χ4v) is 5.54. The molecule has 1 saturated heterocycles. The molecule has 208 valence electrons. The Morgan fingerprint density at radius 2 is 1.92 bits per heavy atom. The zero-order chi connectivity index (χ0) is 27.7. The summed E-state index contributed by atoms with van der Waals surface area (Å²) in [6.07, 6.45) is -3.08. The maximum atomic E-state index is 13.2. The molecule has 0 radical (unpaired) electrons. The summed E-state index contributed by atoms with van der Waals surface area (Å²) < 4.78 is 48.7. The quantitative estimate of drug-likeness (QED) is 0.433. The Balaban J connectivity index is 1.33. The lowest BCUT2D eigenvalue weighted by molar-refractivity contribution is -0.274. The minimum Gasteiger partial charge on any atom is -0.450 e. The van der Waals surface area contributed by atoms with E-state index in [0.29, 0.717) is 57.5 Å². The number of rotatable bonds is 6. The van der Waals surface area contributed by atoms with Crippen molar-refractivity contribution in [2.24, 2.45) is 0 Å². The number of halogens is 4. The predicted molar refractivity (Wildman–Crippen MR) is 135 cm³/mol. The van der Waals surface area contributed by atoms with Gasteiger partial charge in [0.05, 0.1) is 18.1 Å². The first-order chi connectivity index (χ1) is 18.6. The van der Waals surface area contributed by atoms with E-state index in [0.717, 1.165) is 22.3 Å². The number of alkyl halides is 3. The van der Waals surface area contributed by atoms with E-state index in [4.69, 9.17) is 21.4 Å². The molecule has 2 aromatic heterocycles. The van der Waals surface area contributed by atoms with Gasteiger partial charge < -0.3 is 24.0 Å². The molecule has 2 aliphatic heterocycles. The average molecular weight is 567 g/mol. The van der Waals surface area contributed by atoms with Gasteiger partial charge in [0.2, 0.25) is 5.91 Å². The van der Waals surface area contributed by atoms with Crippen LogP contribution in [0.2, 0.25) is 5.02 Å². The highest BCUT2D eigenvalue weighted by Gasteiger charge is 2.32. The van der Waals surface area contributed by atoms with Gasteiger partial charge in [-0.2, -0.15) is 0 Å². The molecule has 1 aromatic carbocycles. The van der Waals surface area contributed by atoms with Crippen LogP contribution in [-0.4, -0.2) is 75.2 Å². The van der Waals surface area contributed by atoms with Crippen LogP contribution in [-0.2, 0) is 29.0 Å². The Hall–Kier alpha value is -3.51.